The number of aliphatic carboxylic acids is 1. The molecular formula is C52H83NO7. The molecule has 2 atom stereocenters. The van der Waals surface area contributed by atoms with Crippen LogP contribution in [0.25, 0.3) is 0 Å². The summed E-state index contributed by atoms with van der Waals surface area (Å²) in [4.78, 5) is 36.9. The van der Waals surface area contributed by atoms with E-state index >= 15 is 0 Å². The van der Waals surface area contributed by atoms with Crippen LogP contribution >= 0.6 is 0 Å². The lowest BCUT2D eigenvalue weighted by molar-refractivity contribution is -0.889. The molecule has 0 aliphatic rings. The molecule has 0 N–H and O–H groups in total. The van der Waals surface area contributed by atoms with Crippen LogP contribution in [0, 0.1) is 0 Å². The van der Waals surface area contributed by atoms with Crippen molar-refractivity contribution in [3.8, 4) is 0 Å². The standard InChI is InChI=1S/C52H83NO7/c1-6-8-10-12-14-16-18-20-22-24-25-26-27-29-31-33-35-37-39-41-43-51(55)60-48(46-58-45-44-49(52(56)57)53(3,4)5)47-59-50(54)42-40-38-36-34-32-30-28-23-21-19-17-15-13-11-9-7-2/h8-11,14-17,20-23,25-26,29,31,35,37,48-49H,6-7,12-13,18-19,24,27-28,30,32-34,36,38-47H2,1-5H3/b10-8+,11-9+,16-14+,17-15+,22-20+,23-21+,26-25+,31-29+,37-35+. The fourth-order valence-electron chi connectivity index (χ4n) is 5.92. The monoisotopic (exact) mass is 834 g/mol. The maximum absolute atomic E-state index is 12.7. The van der Waals surface area contributed by atoms with E-state index in [4.69, 9.17) is 14.2 Å². The SMILES string of the molecule is CC/C=C/C/C=C/C/C=C/C/C=C/C/C=C/C/C=C/CCCC(=O)OC(COCCC(C(=O)[O-])[N+](C)(C)C)COC(=O)CCCCCCCC/C=C/C/C=C/C/C=C/CC. The van der Waals surface area contributed by atoms with Gasteiger partial charge < -0.3 is 28.6 Å². The topological polar surface area (TPSA) is 102 Å². The second kappa shape index (κ2) is 41.7. The average molecular weight is 834 g/mol. The van der Waals surface area contributed by atoms with Crippen LogP contribution in [-0.2, 0) is 28.6 Å². The first kappa shape index (κ1) is 56.0. The average Bonchev–Trinajstić information content (AvgIpc) is 3.21. The molecule has 0 fully saturated rings. The number of carboxylic acids is 1. The maximum Gasteiger partial charge on any atom is 0.306 e. The van der Waals surface area contributed by atoms with Crippen molar-refractivity contribution in [2.45, 2.75) is 161 Å². The Balaban J connectivity index is 4.48. The summed E-state index contributed by atoms with van der Waals surface area (Å²) in [7, 11) is 5.37. The van der Waals surface area contributed by atoms with Crippen LogP contribution in [0.15, 0.2) is 109 Å². The van der Waals surface area contributed by atoms with E-state index in [-0.39, 0.29) is 49.1 Å². The molecule has 0 aromatic rings. The van der Waals surface area contributed by atoms with Gasteiger partial charge in [-0.15, -0.1) is 0 Å². The highest BCUT2D eigenvalue weighted by molar-refractivity contribution is 5.70. The Morgan fingerprint density at radius 3 is 1.35 bits per heavy atom. The lowest BCUT2D eigenvalue weighted by atomic mass is 10.1. The number of allylic oxidation sites excluding steroid dienone is 18. The minimum atomic E-state index is -1.14. The number of nitrogens with zero attached hydrogens (tertiary/aromatic N) is 1. The Labute approximate surface area is 366 Å². The number of quaternary nitrogens is 1. The van der Waals surface area contributed by atoms with Crippen LogP contribution in [0.2, 0.25) is 0 Å². The highest BCUT2D eigenvalue weighted by Crippen LogP contribution is 2.12. The van der Waals surface area contributed by atoms with E-state index in [1.807, 2.05) is 0 Å². The summed E-state index contributed by atoms with van der Waals surface area (Å²) in [5, 5.41) is 11.6. The summed E-state index contributed by atoms with van der Waals surface area (Å²) in [6.45, 7) is 4.34. The zero-order chi connectivity index (χ0) is 44.2. The van der Waals surface area contributed by atoms with Crippen molar-refractivity contribution in [1.82, 2.24) is 0 Å². The molecule has 8 heteroatoms. The van der Waals surface area contributed by atoms with E-state index in [1.54, 1.807) is 21.1 Å². The van der Waals surface area contributed by atoms with Crippen molar-refractivity contribution in [3.63, 3.8) is 0 Å². The number of ether oxygens (including phenoxy) is 3. The van der Waals surface area contributed by atoms with Gasteiger partial charge in [0, 0.05) is 19.3 Å². The number of carbonyl (C=O) groups is 3. The van der Waals surface area contributed by atoms with Gasteiger partial charge in [-0.05, 0) is 89.9 Å². The summed E-state index contributed by atoms with van der Waals surface area (Å²) in [5.74, 6) is -1.85. The Kier molecular flexibility index (Phi) is 38.9. The van der Waals surface area contributed by atoms with Crippen molar-refractivity contribution in [2.75, 3.05) is 41.0 Å². The number of unbranched alkanes of at least 4 members (excludes halogenated alkanes) is 7. The van der Waals surface area contributed by atoms with Crippen LogP contribution in [-0.4, -0.2) is 75.5 Å². The van der Waals surface area contributed by atoms with E-state index in [0.29, 0.717) is 12.8 Å². The first-order chi connectivity index (χ1) is 29.1. The van der Waals surface area contributed by atoms with Crippen molar-refractivity contribution in [1.29, 1.82) is 0 Å². The fraction of sp³-hybridized carbons (Fsp3) is 0.596. The molecule has 0 amide bonds. The van der Waals surface area contributed by atoms with E-state index < -0.39 is 18.1 Å². The second-order valence-electron chi connectivity index (χ2n) is 15.9. The van der Waals surface area contributed by atoms with Gasteiger partial charge >= 0.3 is 11.9 Å². The van der Waals surface area contributed by atoms with E-state index in [2.05, 4.69) is 123 Å². The summed E-state index contributed by atoms with van der Waals surface area (Å²) in [5.41, 5.74) is 0. The first-order valence-electron chi connectivity index (χ1n) is 22.9. The molecule has 0 saturated carbocycles. The molecular weight excluding hydrogens is 751 g/mol. The molecule has 0 aliphatic heterocycles. The number of carboxylic acid groups (broad SMARTS) is 1. The Morgan fingerprint density at radius 2 is 0.900 bits per heavy atom. The predicted octanol–water partition coefficient (Wildman–Crippen LogP) is 11.5. The summed E-state index contributed by atoms with van der Waals surface area (Å²) in [6, 6.07) is -0.745. The Hall–Kier alpha value is -4.01. The highest BCUT2D eigenvalue weighted by Gasteiger charge is 2.25. The van der Waals surface area contributed by atoms with Crippen LogP contribution in [0.5, 0.6) is 0 Å². The zero-order valence-corrected chi connectivity index (χ0v) is 38.3. The predicted molar refractivity (Wildman–Crippen MR) is 249 cm³/mol. The smallest absolute Gasteiger partial charge is 0.306 e. The third-order valence-electron chi connectivity index (χ3n) is 9.40. The van der Waals surface area contributed by atoms with Gasteiger partial charge in [0.15, 0.2) is 6.10 Å². The lowest BCUT2D eigenvalue weighted by Crippen LogP contribution is -2.55. The molecule has 0 radical (unpaired) electrons. The van der Waals surface area contributed by atoms with Gasteiger partial charge in [0.25, 0.3) is 0 Å². The van der Waals surface area contributed by atoms with Crippen LogP contribution in [0.3, 0.4) is 0 Å². The molecule has 60 heavy (non-hydrogen) atoms. The van der Waals surface area contributed by atoms with Crippen LogP contribution in [0.4, 0.5) is 0 Å². The van der Waals surface area contributed by atoms with Crippen molar-refractivity contribution in [2.24, 2.45) is 0 Å². The van der Waals surface area contributed by atoms with Crippen LogP contribution < -0.4 is 5.11 Å². The molecule has 0 aliphatic carbocycles. The molecule has 0 aromatic carbocycles. The third-order valence-corrected chi connectivity index (χ3v) is 9.40. The number of hydrogen-bond acceptors (Lipinski definition) is 7. The largest absolute Gasteiger partial charge is 0.544 e. The van der Waals surface area contributed by atoms with Gasteiger partial charge in [0.2, 0.25) is 0 Å². The minimum absolute atomic E-state index is 0.00557. The lowest BCUT2D eigenvalue weighted by Gasteiger charge is -2.34. The summed E-state index contributed by atoms with van der Waals surface area (Å²) < 4.78 is 17.1. The van der Waals surface area contributed by atoms with Gasteiger partial charge in [-0.3, -0.25) is 9.59 Å². The van der Waals surface area contributed by atoms with Crippen molar-refractivity contribution < 1.29 is 38.2 Å². The van der Waals surface area contributed by atoms with Gasteiger partial charge in [-0.2, -0.15) is 0 Å². The molecule has 0 bridgehead atoms. The van der Waals surface area contributed by atoms with E-state index in [9.17, 15) is 19.5 Å². The number of esters is 2. The van der Waals surface area contributed by atoms with Gasteiger partial charge in [0.05, 0.1) is 40.3 Å². The third kappa shape index (κ3) is 39.5. The number of likely N-dealkylation sites (N-methyl/N-ethyl adjacent to an activating group) is 1. The van der Waals surface area contributed by atoms with E-state index in [0.717, 1.165) is 96.3 Å². The maximum atomic E-state index is 12.7. The molecule has 0 rings (SSSR count). The minimum Gasteiger partial charge on any atom is -0.544 e. The molecule has 2 unspecified atom stereocenters. The number of rotatable bonds is 39. The van der Waals surface area contributed by atoms with Gasteiger partial charge in [-0.25, -0.2) is 0 Å². The molecule has 0 aromatic heterocycles. The van der Waals surface area contributed by atoms with Crippen molar-refractivity contribution >= 4 is 17.9 Å². The quantitative estimate of drug-likeness (QED) is 0.0263. The number of carbonyl (C=O) groups excluding carboxylic acids is 3. The van der Waals surface area contributed by atoms with Crippen molar-refractivity contribution in [3.05, 3.63) is 109 Å². The zero-order valence-electron chi connectivity index (χ0n) is 38.3. The summed E-state index contributed by atoms with van der Waals surface area (Å²) in [6.07, 6.45) is 56.9. The van der Waals surface area contributed by atoms with Gasteiger partial charge in [-0.1, -0.05) is 149 Å². The fourth-order valence-corrected chi connectivity index (χ4v) is 5.92. The molecule has 0 spiro atoms. The Morgan fingerprint density at radius 1 is 0.500 bits per heavy atom. The van der Waals surface area contributed by atoms with E-state index in [1.165, 1.54) is 12.8 Å². The first-order valence-corrected chi connectivity index (χ1v) is 22.9. The molecule has 0 heterocycles. The number of hydrogen-bond donors (Lipinski definition) is 0. The van der Waals surface area contributed by atoms with Gasteiger partial charge in [0.1, 0.15) is 12.6 Å². The molecule has 0 saturated heterocycles. The highest BCUT2D eigenvalue weighted by atomic mass is 16.6. The molecule has 338 valence electrons. The Bertz CT molecular complexity index is 1340. The normalized spacial score (nSPS) is 13.9. The second-order valence-corrected chi connectivity index (χ2v) is 15.9. The molecule has 8 nitrogen and oxygen atoms in total. The summed E-state index contributed by atoms with van der Waals surface area (Å²) >= 11 is 0. The van der Waals surface area contributed by atoms with Crippen LogP contribution in [0.1, 0.15) is 149 Å².